The summed E-state index contributed by atoms with van der Waals surface area (Å²) in [6, 6.07) is 13.0. The summed E-state index contributed by atoms with van der Waals surface area (Å²) in [6.45, 7) is 5.18. The van der Waals surface area contributed by atoms with Crippen molar-refractivity contribution in [3.05, 3.63) is 58.6 Å². The lowest BCUT2D eigenvalue weighted by molar-refractivity contribution is -0.139. The Balaban J connectivity index is 2.38. The van der Waals surface area contributed by atoms with Crippen molar-refractivity contribution in [2.75, 3.05) is 24.2 Å². The van der Waals surface area contributed by atoms with Gasteiger partial charge >= 0.3 is 0 Å². The van der Waals surface area contributed by atoms with Gasteiger partial charge in [-0.2, -0.15) is 0 Å². The van der Waals surface area contributed by atoms with Crippen LogP contribution in [0.2, 0.25) is 0 Å². The van der Waals surface area contributed by atoms with Crippen molar-refractivity contribution in [3.63, 3.8) is 0 Å². The molecule has 0 aliphatic heterocycles. The second-order valence-corrected chi connectivity index (χ2v) is 10.9. The van der Waals surface area contributed by atoms with Gasteiger partial charge in [-0.1, -0.05) is 41.1 Å². The van der Waals surface area contributed by atoms with E-state index in [1.165, 1.54) is 12.0 Å². The van der Waals surface area contributed by atoms with E-state index in [4.69, 9.17) is 4.74 Å². The maximum atomic E-state index is 13.5. The molecule has 0 fully saturated rings. The molecular formula is C24H32BrN3O5S. The number of carbonyl (C=O) groups is 2. The molecule has 186 valence electrons. The third-order valence-electron chi connectivity index (χ3n) is 5.46. The van der Waals surface area contributed by atoms with Gasteiger partial charge in [-0.3, -0.25) is 13.9 Å². The molecule has 1 N–H and O–H groups in total. The van der Waals surface area contributed by atoms with Crippen LogP contribution in [0.3, 0.4) is 0 Å². The third kappa shape index (κ3) is 7.73. The molecular weight excluding hydrogens is 522 g/mol. The highest BCUT2D eigenvalue weighted by Crippen LogP contribution is 2.24. The normalized spacial score (nSPS) is 13.0. The summed E-state index contributed by atoms with van der Waals surface area (Å²) in [4.78, 5) is 27.8. The molecule has 2 rings (SSSR count). The number of anilines is 1. The summed E-state index contributed by atoms with van der Waals surface area (Å²) < 4.78 is 32.3. The summed E-state index contributed by atoms with van der Waals surface area (Å²) in [7, 11) is -2.32. The zero-order chi connectivity index (χ0) is 25.5. The van der Waals surface area contributed by atoms with Crippen molar-refractivity contribution >= 4 is 43.5 Å². The maximum absolute atomic E-state index is 13.5. The predicted octanol–water partition coefficient (Wildman–Crippen LogP) is 3.56. The fourth-order valence-corrected chi connectivity index (χ4v) is 4.32. The minimum Gasteiger partial charge on any atom is -0.497 e. The fraction of sp³-hybridized carbons (Fsp3) is 0.417. The van der Waals surface area contributed by atoms with E-state index in [1.807, 2.05) is 38.1 Å². The quantitative estimate of drug-likeness (QED) is 0.459. The monoisotopic (exact) mass is 553 g/mol. The van der Waals surface area contributed by atoms with Crippen LogP contribution in [-0.4, -0.2) is 57.1 Å². The van der Waals surface area contributed by atoms with E-state index in [-0.39, 0.29) is 18.5 Å². The molecule has 0 unspecified atom stereocenters. The minimum absolute atomic E-state index is 0.0520. The fourth-order valence-electron chi connectivity index (χ4n) is 3.21. The minimum atomic E-state index is -3.80. The van der Waals surface area contributed by atoms with Crippen LogP contribution in [-0.2, 0) is 26.2 Å². The molecule has 34 heavy (non-hydrogen) atoms. The van der Waals surface area contributed by atoms with Gasteiger partial charge in [0, 0.05) is 23.1 Å². The van der Waals surface area contributed by atoms with Crippen molar-refractivity contribution in [2.24, 2.45) is 0 Å². The number of amides is 2. The Morgan fingerprint density at radius 2 is 1.76 bits per heavy atom. The second kappa shape index (κ2) is 12.2. The van der Waals surface area contributed by atoms with Gasteiger partial charge in [-0.15, -0.1) is 0 Å². The highest BCUT2D eigenvalue weighted by Gasteiger charge is 2.30. The lowest BCUT2D eigenvalue weighted by atomic mass is 10.1. The third-order valence-corrected chi connectivity index (χ3v) is 7.12. The molecule has 0 saturated heterocycles. The smallest absolute Gasteiger partial charge is 0.244 e. The zero-order valence-corrected chi connectivity index (χ0v) is 22.5. The number of carbonyl (C=O) groups excluding carboxylic acids is 2. The van der Waals surface area contributed by atoms with Crippen molar-refractivity contribution in [2.45, 2.75) is 45.8 Å². The summed E-state index contributed by atoms with van der Waals surface area (Å²) in [5.41, 5.74) is 1.11. The van der Waals surface area contributed by atoms with Gasteiger partial charge in [-0.25, -0.2) is 8.42 Å². The van der Waals surface area contributed by atoms with Gasteiger partial charge in [0.25, 0.3) is 0 Å². The van der Waals surface area contributed by atoms with Crippen LogP contribution >= 0.6 is 15.9 Å². The van der Waals surface area contributed by atoms with Gasteiger partial charge in [-0.05, 0) is 50.1 Å². The Morgan fingerprint density at radius 3 is 2.32 bits per heavy atom. The van der Waals surface area contributed by atoms with Crippen LogP contribution in [0.4, 0.5) is 5.69 Å². The van der Waals surface area contributed by atoms with Crippen LogP contribution in [0.25, 0.3) is 0 Å². The molecule has 2 aromatic rings. The molecule has 2 aromatic carbocycles. The molecule has 8 nitrogen and oxygen atoms in total. The van der Waals surface area contributed by atoms with Gasteiger partial charge in [0.05, 0.1) is 19.1 Å². The number of sulfonamides is 1. The Bertz CT molecular complexity index is 1090. The number of nitrogens with one attached hydrogen (secondary N) is 1. The molecule has 10 heteroatoms. The largest absolute Gasteiger partial charge is 0.497 e. The number of halogens is 1. The lowest BCUT2D eigenvalue weighted by Gasteiger charge is -2.32. The van der Waals surface area contributed by atoms with E-state index in [0.29, 0.717) is 11.4 Å². The topological polar surface area (TPSA) is 96.0 Å². The molecule has 0 bridgehead atoms. The molecule has 0 saturated carbocycles. The Hall–Kier alpha value is -2.59. The van der Waals surface area contributed by atoms with Crippen molar-refractivity contribution in [3.8, 4) is 5.75 Å². The van der Waals surface area contributed by atoms with Crippen molar-refractivity contribution in [1.29, 1.82) is 0 Å². The Morgan fingerprint density at radius 1 is 1.12 bits per heavy atom. The van der Waals surface area contributed by atoms with Gasteiger partial charge in [0.15, 0.2) is 0 Å². The highest BCUT2D eigenvalue weighted by atomic mass is 79.9. The van der Waals surface area contributed by atoms with E-state index in [9.17, 15) is 18.0 Å². The molecule has 0 radical (unpaired) electrons. The standard InChI is InChI=1S/C24H32BrN3O5S/c1-6-17(2)26-24(30)18(3)27(15-19-10-12-20(25)13-11-19)23(29)16-28(34(5,31)32)21-8-7-9-22(14-21)33-4/h7-14,17-18H,6,15-16H2,1-5H3,(H,26,30)/t17-,18+/m0/s1. The number of hydrogen-bond acceptors (Lipinski definition) is 5. The van der Waals surface area contributed by atoms with Crippen LogP contribution in [0.5, 0.6) is 5.75 Å². The highest BCUT2D eigenvalue weighted by molar-refractivity contribution is 9.10. The molecule has 0 spiro atoms. The van der Waals surface area contributed by atoms with Crippen molar-refractivity contribution < 1.29 is 22.7 Å². The first kappa shape index (κ1) is 27.7. The number of hydrogen-bond donors (Lipinski definition) is 1. The van der Waals surface area contributed by atoms with Gasteiger partial charge < -0.3 is 15.0 Å². The first-order chi connectivity index (χ1) is 16.0. The predicted molar refractivity (Wildman–Crippen MR) is 137 cm³/mol. The Kier molecular flexibility index (Phi) is 9.93. The molecule has 2 amide bonds. The summed E-state index contributed by atoms with van der Waals surface area (Å²) >= 11 is 3.39. The van der Waals surface area contributed by atoms with Crippen LogP contribution < -0.4 is 14.4 Å². The number of nitrogens with zero attached hydrogens (tertiary/aromatic N) is 2. The zero-order valence-electron chi connectivity index (χ0n) is 20.1. The number of ether oxygens (including phenoxy) is 1. The summed E-state index contributed by atoms with van der Waals surface area (Å²) in [5, 5.41) is 2.90. The average Bonchev–Trinajstić information content (AvgIpc) is 2.80. The molecule has 0 aliphatic carbocycles. The average molecular weight is 555 g/mol. The number of rotatable bonds is 11. The van der Waals surface area contributed by atoms with Crippen molar-refractivity contribution in [1.82, 2.24) is 10.2 Å². The van der Waals surface area contributed by atoms with E-state index in [2.05, 4.69) is 21.2 Å². The van der Waals surface area contributed by atoms with E-state index < -0.39 is 28.5 Å². The van der Waals surface area contributed by atoms with E-state index in [0.717, 1.165) is 27.0 Å². The van der Waals surface area contributed by atoms with Gasteiger partial charge in [0.2, 0.25) is 21.8 Å². The van der Waals surface area contributed by atoms with Crippen LogP contribution in [0.15, 0.2) is 53.0 Å². The first-order valence-electron chi connectivity index (χ1n) is 10.9. The van der Waals surface area contributed by atoms with Crippen LogP contribution in [0.1, 0.15) is 32.8 Å². The second-order valence-electron chi connectivity index (χ2n) is 8.11. The lowest BCUT2D eigenvalue weighted by Crippen LogP contribution is -2.52. The maximum Gasteiger partial charge on any atom is 0.244 e. The molecule has 0 aromatic heterocycles. The van der Waals surface area contributed by atoms with Crippen LogP contribution in [0, 0.1) is 0 Å². The molecule has 0 aliphatic rings. The number of benzene rings is 2. The van der Waals surface area contributed by atoms with Gasteiger partial charge in [0.1, 0.15) is 18.3 Å². The summed E-state index contributed by atoms with van der Waals surface area (Å²) in [6.07, 6.45) is 1.79. The summed E-state index contributed by atoms with van der Waals surface area (Å²) in [5.74, 6) is -0.332. The molecule has 2 atom stereocenters. The Labute approximate surface area is 210 Å². The number of methoxy groups -OCH3 is 1. The first-order valence-corrected chi connectivity index (χ1v) is 13.6. The van der Waals surface area contributed by atoms with E-state index >= 15 is 0 Å². The SMILES string of the molecule is CC[C@H](C)NC(=O)[C@@H](C)N(Cc1ccc(Br)cc1)C(=O)CN(c1cccc(OC)c1)S(C)(=O)=O. The molecule has 0 heterocycles. The van der Waals surface area contributed by atoms with E-state index in [1.54, 1.807) is 31.2 Å².